The summed E-state index contributed by atoms with van der Waals surface area (Å²) in [6.07, 6.45) is 0. The first-order valence-corrected chi connectivity index (χ1v) is 11.8. The molecule has 2 aromatic rings. The summed E-state index contributed by atoms with van der Waals surface area (Å²) in [6, 6.07) is 13.8. The second kappa shape index (κ2) is 9.30. The normalized spacial score (nSPS) is 19.2. The van der Waals surface area contributed by atoms with Crippen molar-refractivity contribution >= 4 is 11.6 Å². The molecule has 1 heterocycles. The fourth-order valence-corrected chi connectivity index (χ4v) is 4.80. The van der Waals surface area contributed by atoms with Crippen molar-refractivity contribution in [2.24, 2.45) is 5.92 Å². The highest BCUT2D eigenvalue weighted by atomic mass is 16.3. The number of amidine groups is 1. The molecule has 5 nitrogen and oxygen atoms in total. The predicted molar refractivity (Wildman–Crippen MR) is 136 cm³/mol. The van der Waals surface area contributed by atoms with E-state index in [2.05, 4.69) is 17.4 Å². The molecular weight excluding hydrogens is 410 g/mol. The average Bonchev–Trinajstić information content (AvgIpc) is 3.02. The highest BCUT2D eigenvalue weighted by Gasteiger charge is 2.39. The van der Waals surface area contributed by atoms with Crippen molar-refractivity contribution in [2.45, 2.75) is 58.3 Å². The Bertz CT molecular complexity index is 981. The fourth-order valence-electron chi connectivity index (χ4n) is 4.80. The molecule has 1 saturated heterocycles. The smallest absolute Gasteiger partial charge is 0.182 e. The SMILES string of the molecule is CNCC1CN(CC(=O)c2cc(C(C)(C)C)c(O)c(C(C)(C)C)c2)C(=N)C1c1ccccc1. The Morgan fingerprint density at radius 1 is 1.06 bits per heavy atom. The van der Waals surface area contributed by atoms with Crippen LogP contribution >= 0.6 is 0 Å². The number of hydrogen-bond donors (Lipinski definition) is 3. The van der Waals surface area contributed by atoms with Crippen LogP contribution in [-0.2, 0) is 10.8 Å². The van der Waals surface area contributed by atoms with E-state index in [1.165, 1.54) is 0 Å². The summed E-state index contributed by atoms with van der Waals surface area (Å²) >= 11 is 0. The van der Waals surface area contributed by atoms with Gasteiger partial charge < -0.3 is 15.3 Å². The average molecular weight is 450 g/mol. The Labute approximate surface area is 198 Å². The zero-order valence-electron chi connectivity index (χ0n) is 21.1. The molecule has 33 heavy (non-hydrogen) atoms. The summed E-state index contributed by atoms with van der Waals surface area (Å²) in [5, 5.41) is 23.1. The molecule has 0 aliphatic carbocycles. The van der Waals surface area contributed by atoms with Gasteiger partial charge in [-0.2, -0.15) is 0 Å². The zero-order chi connectivity index (χ0) is 24.6. The molecule has 1 fully saturated rings. The highest BCUT2D eigenvalue weighted by molar-refractivity contribution is 6.01. The van der Waals surface area contributed by atoms with Crippen molar-refractivity contribution in [3.8, 4) is 5.75 Å². The van der Waals surface area contributed by atoms with E-state index in [-0.39, 0.29) is 40.7 Å². The molecule has 0 aromatic heterocycles. The molecular formula is C28H39N3O2. The summed E-state index contributed by atoms with van der Waals surface area (Å²) in [5.41, 5.74) is 2.69. The van der Waals surface area contributed by atoms with Gasteiger partial charge in [0.15, 0.2) is 5.78 Å². The molecule has 1 aliphatic heterocycles. The Morgan fingerprint density at radius 2 is 1.61 bits per heavy atom. The summed E-state index contributed by atoms with van der Waals surface area (Å²) < 4.78 is 0. The van der Waals surface area contributed by atoms with Gasteiger partial charge in [-0.25, -0.2) is 0 Å². The second-order valence-corrected chi connectivity index (χ2v) is 11.3. The van der Waals surface area contributed by atoms with E-state index in [9.17, 15) is 9.90 Å². The zero-order valence-corrected chi connectivity index (χ0v) is 21.1. The molecule has 1 aliphatic rings. The number of nitrogens with zero attached hydrogens (tertiary/aromatic N) is 1. The molecule has 3 N–H and O–H groups in total. The van der Waals surface area contributed by atoms with E-state index >= 15 is 0 Å². The maximum atomic E-state index is 13.5. The quantitative estimate of drug-likeness (QED) is 0.538. The van der Waals surface area contributed by atoms with Crippen molar-refractivity contribution in [3.63, 3.8) is 0 Å². The number of hydrogen-bond acceptors (Lipinski definition) is 4. The lowest BCUT2D eigenvalue weighted by atomic mass is 9.78. The minimum atomic E-state index is -0.295. The maximum absolute atomic E-state index is 13.5. The molecule has 2 unspecified atom stereocenters. The van der Waals surface area contributed by atoms with Crippen LogP contribution in [0.1, 0.15) is 74.5 Å². The second-order valence-electron chi connectivity index (χ2n) is 11.3. The number of carbonyl (C=O) groups is 1. The third-order valence-electron chi connectivity index (χ3n) is 6.57. The third kappa shape index (κ3) is 5.30. The summed E-state index contributed by atoms with van der Waals surface area (Å²) in [4.78, 5) is 15.4. The molecule has 0 radical (unpaired) electrons. The molecule has 0 amide bonds. The van der Waals surface area contributed by atoms with Gasteiger partial charge in [0.25, 0.3) is 0 Å². The summed E-state index contributed by atoms with van der Waals surface area (Å²) in [6.45, 7) is 13.9. The van der Waals surface area contributed by atoms with Crippen LogP contribution in [0.3, 0.4) is 0 Å². The lowest BCUT2D eigenvalue weighted by Crippen LogP contribution is -2.32. The number of phenols is 1. The van der Waals surface area contributed by atoms with E-state index in [1.54, 1.807) is 0 Å². The molecule has 178 valence electrons. The summed E-state index contributed by atoms with van der Waals surface area (Å²) in [7, 11) is 1.93. The first-order valence-electron chi connectivity index (χ1n) is 11.8. The van der Waals surface area contributed by atoms with Crippen LogP contribution in [0, 0.1) is 11.3 Å². The van der Waals surface area contributed by atoms with Gasteiger partial charge in [-0.1, -0.05) is 71.9 Å². The number of likely N-dealkylation sites (tertiary alicyclic amines) is 1. The van der Waals surface area contributed by atoms with Crippen LogP contribution in [-0.4, -0.2) is 48.3 Å². The van der Waals surface area contributed by atoms with Gasteiger partial charge in [0.05, 0.1) is 6.54 Å². The van der Waals surface area contributed by atoms with Crippen LogP contribution in [0.25, 0.3) is 0 Å². The Hall–Kier alpha value is -2.66. The van der Waals surface area contributed by atoms with Crippen molar-refractivity contribution in [1.82, 2.24) is 10.2 Å². The van der Waals surface area contributed by atoms with Gasteiger partial charge in [-0.05, 0) is 35.6 Å². The highest BCUT2D eigenvalue weighted by Crippen LogP contribution is 2.40. The van der Waals surface area contributed by atoms with Crippen molar-refractivity contribution in [2.75, 3.05) is 26.7 Å². The minimum absolute atomic E-state index is 0.0207. The fraction of sp³-hybridized carbons (Fsp3) is 0.500. The van der Waals surface area contributed by atoms with E-state index in [0.29, 0.717) is 17.9 Å². The topological polar surface area (TPSA) is 76.4 Å². The lowest BCUT2D eigenvalue weighted by Gasteiger charge is -2.28. The van der Waals surface area contributed by atoms with E-state index in [0.717, 1.165) is 23.2 Å². The number of phenolic OH excluding ortho intramolecular Hbond substituents is 1. The molecule has 0 saturated carbocycles. The molecule has 0 bridgehead atoms. The monoisotopic (exact) mass is 449 g/mol. The Balaban J connectivity index is 1.93. The van der Waals surface area contributed by atoms with Gasteiger partial charge >= 0.3 is 0 Å². The predicted octanol–water partition coefficient (Wildman–Crippen LogP) is 5.08. The van der Waals surface area contributed by atoms with Gasteiger partial charge in [-0.15, -0.1) is 0 Å². The van der Waals surface area contributed by atoms with Crippen LogP contribution in [0.2, 0.25) is 0 Å². The van der Waals surface area contributed by atoms with Crippen LogP contribution < -0.4 is 5.32 Å². The van der Waals surface area contributed by atoms with Gasteiger partial charge in [0, 0.05) is 41.6 Å². The first-order chi connectivity index (χ1) is 15.3. The van der Waals surface area contributed by atoms with Gasteiger partial charge in [0.2, 0.25) is 0 Å². The molecule has 5 heteroatoms. The van der Waals surface area contributed by atoms with Crippen molar-refractivity contribution < 1.29 is 9.90 Å². The third-order valence-corrected chi connectivity index (χ3v) is 6.57. The van der Waals surface area contributed by atoms with Crippen LogP contribution in [0.4, 0.5) is 0 Å². The number of rotatable bonds is 6. The maximum Gasteiger partial charge on any atom is 0.182 e. The van der Waals surface area contributed by atoms with E-state index < -0.39 is 0 Å². The van der Waals surface area contributed by atoms with Gasteiger partial charge in [0.1, 0.15) is 11.6 Å². The molecule has 2 atom stereocenters. The lowest BCUT2D eigenvalue weighted by molar-refractivity contribution is 0.0963. The number of aromatic hydroxyl groups is 1. The summed E-state index contributed by atoms with van der Waals surface area (Å²) in [5.74, 6) is 0.960. The number of nitrogens with one attached hydrogen (secondary N) is 2. The van der Waals surface area contributed by atoms with E-state index in [4.69, 9.17) is 5.41 Å². The van der Waals surface area contributed by atoms with Gasteiger partial charge in [-0.3, -0.25) is 10.2 Å². The molecule has 2 aromatic carbocycles. The minimum Gasteiger partial charge on any atom is -0.507 e. The van der Waals surface area contributed by atoms with Crippen molar-refractivity contribution in [1.29, 1.82) is 5.41 Å². The number of ketones is 1. The first kappa shape index (κ1) is 25.0. The number of carbonyl (C=O) groups excluding carboxylic acids is 1. The Kier molecular flexibility index (Phi) is 7.04. The van der Waals surface area contributed by atoms with E-state index in [1.807, 2.05) is 83.8 Å². The van der Waals surface area contributed by atoms with Crippen LogP contribution in [0.5, 0.6) is 5.75 Å². The standard InChI is InChI=1S/C28H39N3O2/c1-27(2,3)21-13-19(14-22(25(21)33)28(4,5)6)23(32)17-31-16-20(15-30-7)24(26(31)29)18-11-9-8-10-12-18/h8-14,20,24,29-30,33H,15-17H2,1-7H3. The molecule has 3 rings (SSSR count). The number of benzene rings is 2. The van der Waals surface area contributed by atoms with Crippen LogP contribution in [0.15, 0.2) is 42.5 Å². The Morgan fingerprint density at radius 3 is 2.09 bits per heavy atom. The number of Topliss-reactive ketones (excluding diaryl/α,β-unsaturated/α-hetero) is 1. The molecule has 0 spiro atoms. The van der Waals surface area contributed by atoms with Crippen molar-refractivity contribution in [3.05, 3.63) is 64.7 Å². The largest absolute Gasteiger partial charge is 0.507 e.